The van der Waals surface area contributed by atoms with Gasteiger partial charge in [0.2, 0.25) is 0 Å². The lowest BCUT2D eigenvalue weighted by atomic mass is 10.5. The van der Waals surface area contributed by atoms with Crippen LogP contribution in [0.2, 0.25) is 5.15 Å². The predicted molar refractivity (Wildman–Crippen MR) is 43.6 cm³/mol. The number of hydrogen-bond acceptors (Lipinski definition) is 3. The second kappa shape index (κ2) is 3.21. The molecule has 0 unspecified atom stereocenters. The molecule has 0 N–H and O–H groups in total. The van der Waals surface area contributed by atoms with E-state index in [0.717, 1.165) is 10.7 Å². The predicted octanol–water partition coefficient (Wildman–Crippen LogP) is 2.16. The fourth-order valence-corrected chi connectivity index (χ4v) is 1.32. The maximum absolute atomic E-state index is 5.59. The molecule has 1 heterocycles. The van der Waals surface area contributed by atoms with E-state index in [1.165, 1.54) is 0 Å². The molecule has 0 atom stereocenters. The van der Waals surface area contributed by atoms with Crippen LogP contribution in [-0.4, -0.2) is 16.2 Å². The van der Waals surface area contributed by atoms with Crippen molar-refractivity contribution in [3.8, 4) is 0 Å². The molecule has 0 spiro atoms. The fourth-order valence-electron chi connectivity index (χ4n) is 0.643. The molecule has 1 rings (SSSR count). The normalized spacial score (nSPS) is 9.90. The minimum absolute atomic E-state index is 0.454. The number of aryl methyl sites for hydroxylation is 1. The van der Waals surface area contributed by atoms with Crippen LogP contribution in [0.25, 0.3) is 0 Å². The molecule has 0 amide bonds. The molecule has 0 saturated carbocycles. The van der Waals surface area contributed by atoms with Crippen molar-refractivity contribution in [3.05, 3.63) is 17.0 Å². The zero-order valence-corrected chi connectivity index (χ0v) is 7.33. The molecule has 0 aromatic carbocycles. The lowest BCUT2D eigenvalue weighted by molar-refractivity contribution is 0.989. The second-order valence-corrected chi connectivity index (χ2v) is 2.97. The SMILES string of the molecule is CSc1ncc(Cl)nc1C. The Hall–Kier alpha value is -0.280. The van der Waals surface area contributed by atoms with Crippen LogP contribution in [-0.2, 0) is 0 Å². The van der Waals surface area contributed by atoms with Gasteiger partial charge in [0.1, 0.15) is 10.2 Å². The summed E-state index contributed by atoms with van der Waals surface area (Å²) in [4.78, 5) is 8.09. The standard InChI is InChI=1S/C6H7ClN2S/c1-4-6(10-2)8-3-5(7)9-4/h3H,1-2H3. The number of rotatable bonds is 1. The van der Waals surface area contributed by atoms with Crippen LogP contribution in [0.15, 0.2) is 11.2 Å². The highest BCUT2D eigenvalue weighted by atomic mass is 35.5. The number of halogens is 1. The first-order valence-electron chi connectivity index (χ1n) is 2.77. The highest BCUT2D eigenvalue weighted by Gasteiger charge is 1.98. The van der Waals surface area contributed by atoms with Crippen molar-refractivity contribution >= 4 is 23.4 Å². The third-order valence-electron chi connectivity index (χ3n) is 1.07. The molecule has 10 heavy (non-hydrogen) atoms. The van der Waals surface area contributed by atoms with Crippen LogP contribution in [0.4, 0.5) is 0 Å². The highest BCUT2D eigenvalue weighted by molar-refractivity contribution is 7.98. The maximum Gasteiger partial charge on any atom is 0.147 e. The Kier molecular flexibility index (Phi) is 2.51. The average molecular weight is 175 g/mol. The van der Waals surface area contributed by atoms with Gasteiger partial charge in [-0.3, -0.25) is 0 Å². The van der Waals surface area contributed by atoms with Crippen LogP contribution in [0.1, 0.15) is 5.69 Å². The van der Waals surface area contributed by atoms with Crippen molar-refractivity contribution in [1.82, 2.24) is 9.97 Å². The minimum atomic E-state index is 0.454. The number of thioether (sulfide) groups is 1. The zero-order valence-electron chi connectivity index (χ0n) is 5.76. The van der Waals surface area contributed by atoms with Gasteiger partial charge >= 0.3 is 0 Å². The van der Waals surface area contributed by atoms with Gasteiger partial charge in [-0.05, 0) is 13.2 Å². The first-order chi connectivity index (χ1) is 4.74. The molecule has 0 radical (unpaired) electrons. The summed E-state index contributed by atoms with van der Waals surface area (Å²) >= 11 is 7.16. The summed E-state index contributed by atoms with van der Waals surface area (Å²) in [7, 11) is 0. The Balaban J connectivity index is 3.07. The quantitative estimate of drug-likeness (QED) is 0.611. The van der Waals surface area contributed by atoms with Crippen molar-refractivity contribution in [2.45, 2.75) is 11.9 Å². The number of hydrogen-bond donors (Lipinski definition) is 0. The summed E-state index contributed by atoms with van der Waals surface area (Å²) in [6, 6.07) is 0. The van der Waals surface area contributed by atoms with E-state index in [9.17, 15) is 0 Å². The number of aromatic nitrogens is 2. The van der Waals surface area contributed by atoms with Crippen LogP contribution < -0.4 is 0 Å². The summed E-state index contributed by atoms with van der Waals surface area (Å²) in [6.07, 6.45) is 3.52. The van der Waals surface area contributed by atoms with Gasteiger partial charge in [0.25, 0.3) is 0 Å². The first-order valence-corrected chi connectivity index (χ1v) is 4.37. The summed E-state index contributed by atoms with van der Waals surface area (Å²) in [5, 5.41) is 1.39. The topological polar surface area (TPSA) is 25.8 Å². The van der Waals surface area contributed by atoms with Gasteiger partial charge in [0.05, 0.1) is 11.9 Å². The van der Waals surface area contributed by atoms with Crippen molar-refractivity contribution in [2.75, 3.05) is 6.26 Å². The monoisotopic (exact) mass is 174 g/mol. The zero-order chi connectivity index (χ0) is 7.56. The van der Waals surface area contributed by atoms with Crippen LogP contribution in [0.3, 0.4) is 0 Å². The number of nitrogens with zero attached hydrogens (tertiary/aromatic N) is 2. The summed E-state index contributed by atoms with van der Waals surface area (Å²) in [5.41, 5.74) is 0.889. The van der Waals surface area contributed by atoms with E-state index < -0.39 is 0 Å². The van der Waals surface area contributed by atoms with E-state index in [1.54, 1.807) is 18.0 Å². The lowest BCUT2D eigenvalue weighted by Crippen LogP contribution is -1.88. The summed E-state index contributed by atoms with van der Waals surface area (Å²) in [5.74, 6) is 0. The van der Waals surface area contributed by atoms with Crippen LogP contribution in [0.5, 0.6) is 0 Å². The van der Waals surface area contributed by atoms with E-state index in [2.05, 4.69) is 9.97 Å². The van der Waals surface area contributed by atoms with Gasteiger partial charge in [0.15, 0.2) is 0 Å². The van der Waals surface area contributed by atoms with Crippen LogP contribution >= 0.6 is 23.4 Å². The van der Waals surface area contributed by atoms with E-state index in [4.69, 9.17) is 11.6 Å². The Bertz CT molecular complexity index is 239. The Morgan fingerprint density at radius 2 is 2.30 bits per heavy atom. The molecule has 1 aromatic heterocycles. The van der Waals surface area contributed by atoms with Gasteiger partial charge in [0, 0.05) is 0 Å². The van der Waals surface area contributed by atoms with Crippen molar-refractivity contribution < 1.29 is 0 Å². The molecule has 0 aliphatic carbocycles. The Morgan fingerprint density at radius 1 is 1.60 bits per heavy atom. The van der Waals surface area contributed by atoms with Crippen molar-refractivity contribution in [1.29, 1.82) is 0 Å². The molecular formula is C6H7ClN2S. The Morgan fingerprint density at radius 3 is 2.80 bits per heavy atom. The summed E-state index contributed by atoms with van der Waals surface area (Å²) in [6.45, 7) is 1.89. The molecule has 0 aliphatic rings. The van der Waals surface area contributed by atoms with Crippen molar-refractivity contribution in [3.63, 3.8) is 0 Å². The molecule has 1 aromatic rings. The van der Waals surface area contributed by atoms with E-state index in [1.807, 2.05) is 13.2 Å². The van der Waals surface area contributed by atoms with Gasteiger partial charge in [-0.15, -0.1) is 11.8 Å². The lowest BCUT2D eigenvalue weighted by Gasteiger charge is -1.98. The third-order valence-corrected chi connectivity index (χ3v) is 2.04. The van der Waals surface area contributed by atoms with Gasteiger partial charge in [-0.2, -0.15) is 0 Å². The summed E-state index contributed by atoms with van der Waals surface area (Å²) < 4.78 is 0. The molecule has 0 fully saturated rings. The first kappa shape index (κ1) is 7.82. The van der Waals surface area contributed by atoms with Crippen LogP contribution in [0, 0.1) is 6.92 Å². The van der Waals surface area contributed by atoms with Gasteiger partial charge < -0.3 is 0 Å². The molecule has 0 bridgehead atoms. The largest absolute Gasteiger partial charge is 0.245 e. The maximum atomic E-state index is 5.59. The molecule has 0 aliphatic heterocycles. The smallest absolute Gasteiger partial charge is 0.147 e. The molecule has 0 saturated heterocycles. The van der Waals surface area contributed by atoms with E-state index in [-0.39, 0.29) is 0 Å². The molecule has 54 valence electrons. The van der Waals surface area contributed by atoms with Gasteiger partial charge in [-0.25, -0.2) is 9.97 Å². The highest BCUT2D eigenvalue weighted by Crippen LogP contribution is 2.15. The minimum Gasteiger partial charge on any atom is -0.245 e. The third kappa shape index (κ3) is 1.61. The second-order valence-electron chi connectivity index (χ2n) is 1.79. The van der Waals surface area contributed by atoms with E-state index >= 15 is 0 Å². The Labute approximate surface area is 69.0 Å². The molecular weight excluding hydrogens is 168 g/mol. The average Bonchev–Trinajstić information content (AvgIpc) is 1.88. The van der Waals surface area contributed by atoms with Crippen molar-refractivity contribution in [2.24, 2.45) is 0 Å². The fraction of sp³-hybridized carbons (Fsp3) is 0.333. The molecule has 2 nitrogen and oxygen atoms in total. The molecule has 4 heteroatoms. The van der Waals surface area contributed by atoms with Gasteiger partial charge in [-0.1, -0.05) is 11.6 Å². The van der Waals surface area contributed by atoms with E-state index in [0.29, 0.717) is 5.15 Å².